The quantitative estimate of drug-likeness (QED) is 0.788. The molecule has 0 aliphatic carbocycles. The molecular formula is C12H18FN. The average molecular weight is 195 g/mol. The van der Waals surface area contributed by atoms with Gasteiger partial charge in [0.05, 0.1) is 0 Å². The van der Waals surface area contributed by atoms with Crippen LogP contribution in [0.4, 0.5) is 4.39 Å². The van der Waals surface area contributed by atoms with Crippen LogP contribution in [-0.2, 0) is 6.42 Å². The maximum atomic E-state index is 13.6. The van der Waals surface area contributed by atoms with Crippen LogP contribution in [0.5, 0.6) is 0 Å². The van der Waals surface area contributed by atoms with Crippen molar-refractivity contribution in [3.05, 3.63) is 34.1 Å². The van der Waals surface area contributed by atoms with Gasteiger partial charge in [-0.15, -0.1) is 0 Å². The number of halogens is 1. The number of hydrogen-bond acceptors (Lipinski definition) is 1. The molecule has 1 rings (SSSR count). The molecule has 0 atom stereocenters. The highest BCUT2D eigenvalue weighted by Gasteiger charge is 2.09. The van der Waals surface area contributed by atoms with Gasteiger partial charge in [-0.25, -0.2) is 4.39 Å². The molecule has 0 bridgehead atoms. The molecule has 0 aliphatic rings. The molecule has 1 aromatic carbocycles. The lowest BCUT2D eigenvalue weighted by molar-refractivity contribution is 0.604. The first kappa shape index (κ1) is 11.2. The van der Waals surface area contributed by atoms with Crippen LogP contribution in [0.1, 0.15) is 28.7 Å². The summed E-state index contributed by atoms with van der Waals surface area (Å²) < 4.78 is 13.6. The zero-order valence-corrected chi connectivity index (χ0v) is 9.15. The minimum Gasteiger partial charge on any atom is -0.330 e. The molecule has 0 aromatic heterocycles. The number of nitrogens with two attached hydrogens (primary N) is 1. The third-order valence-electron chi connectivity index (χ3n) is 2.67. The number of aryl methyl sites for hydroxylation is 2. The van der Waals surface area contributed by atoms with Crippen LogP contribution in [0.3, 0.4) is 0 Å². The van der Waals surface area contributed by atoms with Crippen molar-refractivity contribution in [2.75, 3.05) is 6.54 Å². The van der Waals surface area contributed by atoms with E-state index in [2.05, 4.69) is 0 Å². The minimum atomic E-state index is -0.0670. The van der Waals surface area contributed by atoms with E-state index in [1.165, 1.54) is 5.56 Å². The largest absolute Gasteiger partial charge is 0.330 e. The fraction of sp³-hybridized carbons (Fsp3) is 0.500. The zero-order valence-electron chi connectivity index (χ0n) is 9.15. The maximum Gasteiger partial charge on any atom is 0.129 e. The molecule has 0 fully saturated rings. The molecule has 0 heterocycles. The van der Waals surface area contributed by atoms with Gasteiger partial charge in [-0.2, -0.15) is 0 Å². The Hall–Kier alpha value is -0.890. The standard InChI is InChI=1S/C12H18FN/c1-8-7-9(2)12(13)10(3)11(8)5-4-6-14/h7H,4-6,14H2,1-3H3. The molecule has 14 heavy (non-hydrogen) atoms. The molecule has 1 nitrogen and oxygen atoms in total. The van der Waals surface area contributed by atoms with Gasteiger partial charge in [0.2, 0.25) is 0 Å². The van der Waals surface area contributed by atoms with Crippen LogP contribution in [-0.4, -0.2) is 6.54 Å². The van der Waals surface area contributed by atoms with E-state index >= 15 is 0 Å². The van der Waals surface area contributed by atoms with E-state index in [4.69, 9.17) is 5.73 Å². The summed E-state index contributed by atoms with van der Waals surface area (Å²) in [5.74, 6) is -0.0670. The van der Waals surface area contributed by atoms with Gasteiger partial charge in [0, 0.05) is 0 Å². The van der Waals surface area contributed by atoms with E-state index in [0.29, 0.717) is 6.54 Å². The summed E-state index contributed by atoms with van der Waals surface area (Å²) in [4.78, 5) is 0. The Kier molecular flexibility index (Phi) is 3.64. The van der Waals surface area contributed by atoms with E-state index in [9.17, 15) is 4.39 Å². The summed E-state index contributed by atoms with van der Waals surface area (Å²) in [5, 5.41) is 0. The highest BCUT2D eigenvalue weighted by atomic mass is 19.1. The highest BCUT2D eigenvalue weighted by molar-refractivity contribution is 5.38. The Bertz CT molecular complexity index is 332. The van der Waals surface area contributed by atoms with Crippen molar-refractivity contribution < 1.29 is 4.39 Å². The van der Waals surface area contributed by atoms with Crippen molar-refractivity contribution in [2.45, 2.75) is 33.6 Å². The first-order valence-electron chi connectivity index (χ1n) is 5.03. The van der Waals surface area contributed by atoms with Gasteiger partial charge in [-0.1, -0.05) is 6.07 Å². The van der Waals surface area contributed by atoms with E-state index in [1.54, 1.807) is 0 Å². The summed E-state index contributed by atoms with van der Waals surface area (Å²) in [6, 6.07) is 1.91. The Balaban J connectivity index is 3.09. The molecule has 0 spiro atoms. The smallest absolute Gasteiger partial charge is 0.129 e. The molecule has 0 aliphatic heterocycles. The van der Waals surface area contributed by atoms with Crippen LogP contribution in [0.25, 0.3) is 0 Å². The van der Waals surface area contributed by atoms with Crippen LogP contribution >= 0.6 is 0 Å². The van der Waals surface area contributed by atoms with Crippen molar-refractivity contribution in [2.24, 2.45) is 5.73 Å². The normalized spacial score (nSPS) is 10.6. The summed E-state index contributed by atoms with van der Waals surface area (Å²) in [7, 11) is 0. The fourth-order valence-corrected chi connectivity index (χ4v) is 1.86. The second-order valence-corrected chi connectivity index (χ2v) is 3.82. The zero-order chi connectivity index (χ0) is 10.7. The SMILES string of the molecule is Cc1cc(C)c(CCCN)c(C)c1F. The van der Waals surface area contributed by atoms with Crippen molar-refractivity contribution in [3.8, 4) is 0 Å². The first-order chi connectivity index (χ1) is 6.57. The van der Waals surface area contributed by atoms with Crippen LogP contribution in [0.2, 0.25) is 0 Å². The van der Waals surface area contributed by atoms with Gasteiger partial charge in [-0.3, -0.25) is 0 Å². The van der Waals surface area contributed by atoms with E-state index in [0.717, 1.165) is 29.5 Å². The minimum absolute atomic E-state index is 0.0670. The number of rotatable bonds is 3. The number of benzene rings is 1. The fourth-order valence-electron chi connectivity index (χ4n) is 1.86. The Morgan fingerprint density at radius 1 is 1.21 bits per heavy atom. The summed E-state index contributed by atoms with van der Waals surface area (Å²) in [6.45, 7) is 6.35. The van der Waals surface area contributed by atoms with Crippen molar-refractivity contribution >= 4 is 0 Å². The summed E-state index contributed by atoms with van der Waals surface area (Å²) in [5.41, 5.74) is 9.27. The first-order valence-corrected chi connectivity index (χ1v) is 5.03. The predicted octanol–water partition coefficient (Wildman–Crippen LogP) is 2.64. The van der Waals surface area contributed by atoms with E-state index < -0.39 is 0 Å². The average Bonchev–Trinajstić information content (AvgIpc) is 2.14. The molecule has 0 saturated carbocycles. The van der Waals surface area contributed by atoms with Gasteiger partial charge in [0.1, 0.15) is 5.82 Å². The number of hydrogen-bond donors (Lipinski definition) is 1. The van der Waals surface area contributed by atoms with Gasteiger partial charge >= 0.3 is 0 Å². The third kappa shape index (κ3) is 2.13. The van der Waals surface area contributed by atoms with Crippen molar-refractivity contribution in [3.63, 3.8) is 0 Å². The van der Waals surface area contributed by atoms with E-state index in [1.807, 2.05) is 26.8 Å². The molecule has 2 N–H and O–H groups in total. The van der Waals surface area contributed by atoms with Crippen LogP contribution < -0.4 is 5.73 Å². The second-order valence-electron chi connectivity index (χ2n) is 3.82. The monoisotopic (exact) mass is 195 g/mol. The van der Waals surface area contributed by atoms with Crippen molar-refractivity contribution in [1.29, 1.82) is 0 Å². The van der Waals surface area contributed by atoms with Gasteiger partial charge in [-0.05, 0) is 62.4 Å². The Morgan fingerprint density at radius 3 is 2.43 bits per heavy atom. The second kappa shape index (κ2) is 4.56. The summed E-state index contributed by atoms with van der Waals surface area (Å²) in [6.07, 6.45) is 1.80. The molecular weight excluding hydrogens is 177 g/mol. The Labute approximate surface area is 85.1 Å². The van der Waals surface area contributed by atoms with Gasteiger partial charge in [0.15, 0.2) is 0 Å². The van der Waals surface area contributed by atoms with Gasteiger partial charge < -0.3 is 5.73 Å². The lowest BCUT2D eigenvalue weighted by atomic mass is 9.95. The topological polar surface area (TPSA) is 26.0 Å². The van der Waals surface area contributed by atoms with Crippen LogP contribution in [0, 0.1) is 26.6 Å². The highest BCUT2D eigenvalue weighted by Crippen LogP contribution is 2.21. The molecule has 1 aromatic rings. The molecule has 2 heteroatoms. The Morgan fingerprint density at radius 2 is 1.86 bits per heavy atom. The van der Waals surface area contributed by atoms with Gasteiger partial charge in [0.25, 0.3) is 0 Å². The van der Waals surface area contributed by atoms with E-state index in [-0.39, 0.29) is 5.82 Å². The molecule has 78 valence electrons. The summed E-state index contributed by atoms with van der Waals surface area (Å²) >= 11 is 0. The lowest BCUT2D eigenvalue weighted by Crippen LogP contribution is -2.04. The maximum absolute atomic E-state index is 13.6. The molecule has 0 radical (unpaired) electrons. The van der Waals surface area contributed by atoms with Crippen molar-refractivity contribution in [1.82, 2.24) is 0 Å². The molecule has 0 unspecified atom stereocenters. The molecule has 0 saturated heterocycles. The predicted molar refractivity (Wildman–Crippen MR) is 58.0 cm³/mol. The van der Waals surface area contributed by atoms with Crippen LogP contribution in [0.15, 0.2) is 6.07 Å². The lowest BCUT2D eigenvalue weighted by Gasteiger charge is -2.12. The third-order valence-corrected chi connectivity index (χ3v) is 2.67. The molecule has 0 amide bonds.